The summed E-state index contributed by atoms with van der Waals surface area (Å²) in [6.45, 7) is 6.80. The lowest BCUT2D eigenvalue weighted by Crippen LogP contribution is -2.35. The number of aliphatic hydroxyl groups is 1. The molecule has 0 saturated carbocycles. The summed E-state index contributed by atoms with van der Waals surface area (Å²) >= 11 is 0. The molecule has 13 heteroatoms. The highest BCUT2D eigenvalue weighted by Crippen LogP contribution is 2.06. The lowest BCUT2D eigenvalue weighted by molar-refractivity contribution is -0.191. The number of aliphatic hydroxyl groups excluding tert-OH is 1. The van der Waals surface area contributed by atoms with Gasteiger partial charge in [-0.1, -0.05) is 12.1 Å². The van der Waals surface area contributed by atoms with E-state index in [1.807, 2.05) is 18.2 Å². The van der Waals surface area contributed by atoms with Crippen LogP contribution in [-0.4, -0.2) is 127 Å². The second-order valence-electron chi connectivity index (χ2n) is 8.75. The molecular formula is C27H38N4O9. The molecule has 0 bridgehead atoms. The molecule has 2 aromatic rings. The predicted molar refractivity (Wildman–Crippen MR) is 140 cm³/mol. The molecule has 3 heterocycles. The third-order valence-electron chi connectivity index (χ3n) is 5.82. The number of carbonyl (C=O) groups excluding carboxylic acids is 2. The van der Waals surface area contributed by atoms with E-state index in [4.69, 9.17) is 28.5 Å². The molecule has 2 N–H and O–H groups in total. The van der Waals surface area contributed by atoms with E-state index in [0.717, 1.165) is 12.2 Å². The molecule has 0 radical (unpaired) electrons. The number of hydrogen-bond donors (Lipinski definition) is 2. The maximum Gasteiger partial charge on any atom is 0.373 e. The van der Waals surface area contributed by atoms with Crippen LogP contribution in [0.4, 0.5) is 0 Å². The monoisotopic (exact) mass is 562 g/mol. The van der Waals surface area contributed by atoms with E-state index in [1.165, 1.54) is 6.07 Å². The number of carboxylic acids is 1. The van der Waals surface area contributed by atoms with Crippen LogP contribution < -0.4 is 0 Å². The summed E-state index contributed by atoms with van der Waals surface area (Å²) in [4.78, 5) is 40.4. The van der Waals surface area contributed by atoms with Crippen molar-refractivity contribution < 1.29 is 43.5 Å². The van der Waals surface area contributed by atoms with E-state index in [1.54, 1.807) is 18.3 Å². The van der Waals surface area contributed by atoms with E-state index in [9.17, 15) is 15.0 Å². The summed E-state index contributed by atoms with van der Waals surface area (Å²) in [6, 6.07) is 10.8. The fourth-order valence-electron chi connectivity index (χ4n) is 3.80. The number of aromatic carboxylic acids is 1. The first-order valence-corrected chi connectivity index (χ1v) is 13.0. The Kier molecular flexibility index (Phi) is 17.1. The van der Waals surface area contributed by atoms with E-state index < -0.39 is 12.1 Å². The summed E-state index contributed by atoms with van der Waals surface area (Å²) in [5.41, 5.74) is 1.66. The summed E-state index contributed by atoms with van der Waals surface area (Å²) in [6.07, 6.45) is 1.61. The zero-order valence-electron chi connectivity index (χ0n) is 22.6. The molecule has 220 valence electrons. The van der Waals surface area contributed by atoms with Crippen molar-refractivity contribution in [2.75, 3.05) is 79.0 Å². The van der Waals surface area contributed by atoms with Crippen molar-refractivity contribution in [2.24, 2.45) is 0 Å². The van der Waals surface area contributed by atoms with Gasteiger partial charge in [0.1, 0.15) is 11.8 Å². The molecular weight excluding hydrogens is 524 g/mol. The van der Waals surface area contributed by atoms with Gasteiger partial charge < -0.3 is 29.2 Å². The van der Waals surface area contributed by atoms with Crippen LogP contribution in [0.1, 0.15) is 21.9 Å². The second-order valence-corrected chi connectivity index (χ2v) is 8.75. The topological polar surface area (TPSA) is 161 Å². The number of hydrogen-bond acceptors (Lipinski definition) is 12. The van der Waals surface area contributed by atoms with Crippen LogP contribution in [0.5, 0.6) is 0 Å². The molecule has 3 rings (SSSR count). The lowest BCUT2D eigenvalue weighted by atomic mass is 10.3. The van der Waals surface area contributed by atoms with Crippen molar-refractivity contribution in [1.29, 1.82) is 0 Å². The largest absolute Gasteiger partial charge is 0.477 e. The van der Waals surface area contributed by atoms with Crippen LogP contribution in [0.2, 0.25) is 0 Å². The number of carbonyl (C=O) groups is 1. The summed E-state index contributed by atoms with van der Waals surface area (Å²) in [5, 5.41) is 19.0. The average Bonchev–Trinajstić information content (AvgIpc) is 2.96. The molecule has 0 unspecified atom stereocenters. The van der Waals surface area contributed by atoms with Crippen molar-refractivity contribution in [1.82, 2.24) is 19.8 Å². The van der Waals surface area contributed by atoms with E-state index in [2.05, 4.69) is 19.8 Å². The predicted octanol–water partition coefficient (Wildman–Crippen LogP) is 0.336. The van der Waals surface area contributed by atoms with Crippen molar-refractivity contribution in [2.45, 2.75) is 19.2 Å². The molecule has 0 aliphatic carbocycles. The van der Waals surface area contributed by atoms with Crippen LogP contribution >= 0.6 is 0 Å². The molecule has 13 nitrogen and oxygen atoms in total. The fourth-order valence-corrected chi connectivity index (χ4v) is 3.80. The van der Waals surface area contributed by atoms with E-state index in [-0.39, 0.29) is 25.1 Å². The van der Waals surface area contributed by atoms with Crippen molar-refractivity contribution >= 4 is 12.1 Å². The highest BCUT2D eigenvalue weighted by atomic mass is 16.5. The van der Waals surface area contributed by atoms with E-state index >= 15 is 0 Å². The van der Waals surface area contributed by atoms with Crippen LogP contribution in [0, 0.1) is 0 Å². The minimum absolute atomic E-state index is 0.0186. The van der Waals surface area contributed by atoms with Crippen LogP contribution in [-0.2, 0) is 41.6 Å². The molecule has 40 heavy (non-hydrogen) atoms. The fraction of sp³-hybridized carbons (Fsp3) is 0.556. The maximum atomic E-state index is 11.3. The highest BCUT2D eigenvalue weighted by Gasteiger charge is 2.14. The smallest absolute Gasteiger partial charge is 0.373 e. The molecule has 0 amide bonds. The van der Waals surface area contributed by atoms with Gasteiger partial charge in [-0.05, 0) is 24.3 Å². The minimum atomic E-state index is -1.05. The normalized spacial score (nSPS) is 19.3. The molecule has 1 fully saturated rings. The first-order chi connectivity index (χ1) is 19.5. The summed E-state index contributed by atoms with van der Waals surface area (Å²) in [5.74, 6) is -1.05. The molecule has 2 aromatic heterocycles. The van der Waals surface area contributed by atoms with Gasteiger partial charge in [-0.2, -0.15) is 9.59 Å². The van der Waals surface area contributed by atoms with Gasteiger partial charge in [0.2, 0.25) is 0 Å². The Hall–Kier alpha value is -3.13. The third kappa shape index (κ3) is 14.3. The first kappa shape index (κ1) is 33.1. The van der Waals surface area contributed by atoms with Gasteiger partial charge in [-0.25, -0.2) is 9.78 Å². The quantitative estimate of drug-likeness (QED) is 0.496. The Morgan fingerprint density at radius 1 is 0.850 bits per heavy atom. The third-order valence-corrected chi connectivity index (χ3v) is 5.82. The zero-order valence-corrected chi connectivity index (χ0v) is 22.6. The van der Waals surface area contributed by atoms with Crippen LogP contribution in [0.15, 0.2) is 42.6 Å². The number of pyridine rings is 2. The van der Waals surface area contributed by atoms with Gasteiger partial charge in [0.25, 0.3) is 0 Å². The molecule has 0 spiro atoms. The second kappa shape index (κ2) is 20.7. The van der Waals surface area contributed by atoms with Crippen molar-refractivity contribution in [3.05, 3.63) is 59.7 Å². The van der Waals surface area contributed by atoms with E-state index in [0.29, 0.717) is 78.1 Å². The number of ether oxygens (including phenoxy) is 4. The Bertz CT molecular complexity index is 993. The molecule has 0 aromatic carbocycles. The van der Waals surface area contributed by atoms with Crippen LogP contribution in [0.25, 0.3) is 0 Å². The van der Waals surface area contributed by atoms with Gasteiger partial charge in [-0.15, -0.1) is 0 Å². The maximum absolute atomic E-state index is 11.3. The SMILES string of the molecule is O=C(O)c1cccc(CN2CCOCCOCCN(Cc3ccccn3)CCO[C@@H](CO)COCC2)n1.O=C=O. The number of carboxylic acid groups (broad SMARTS) is 1. The first-order valence-electron chi connectivity index (χ1n) is 13.0. The summed E-state index contributed by atoms with van der Waals surface area (Å²) < 4.78 is 23.2. The van der Waals surface area contributed by atoms with Gasteiger partial charge >= 0.3 is 12.1 Å². The molecule has 1 saturated heterocycles. The average molecular weight is 563 g/mol. The van der Waals surface area contributed by atoms with Gasteiger partial charge in [0.15, 0.2) is 0 Å². The highest BCUT2D eigenvalue weighted by molar-refractivity contribution is 5.85. The Morgan fingerprint density at radius 3 is 2.05 bits per heavy atom. The zero-order chi connectivity index (χ0) is 28.8. The van der Waals surface area contributed by atoms with Gasteiger partial charge in [-0.3, -0.25) is 14.8 Å². The minimum Gasteiger partial charge on any atom is -0.477 e. The Balaban J connectivity index is 0.00000178. The molecule has 1 atom stereocenters. The molecule has 1 aliphatic heterocycles. The van der Waals surface area contributed by atoms with Crippen molar-refractivity contribution in [3.8, 4) is 0 Å². The van der Waals surface area contributed by atoms with Crippen molar-refractivity contribution in [3.63, 3.8) is 0 Å². The lowest BCUT2D eigenvalue weighted by Gasteiger charge is -2.25. The number of rotatable bonds is 6. The van der Waals surface area contributed by atoms with Crippen LogP contribution in [0.3, 0.4) is 0 Å². The standard InChI is InChI=1S/C26H38N4O7.CO2/c31-20-24-21-36-14-10-29(19-23-5-3-6-25(28-23)26(32)33)8-12-34-16-17-35-13-9-30(11-15-37-24)18-22-4-1-2-7-27-22;2-1-3/h1-7,24,31H,8-21H2,(H,32,33);/t24-;/m0./s1. The number of nitrogens with zero attached hydrogens (tertiary/aromatic N) is 4. The number of aromatic nitrogens is 2. The van der Waals surface area contributed by atoms with Gasteiger partial charge in [0.05, 0.1) is 64.2 Å². The Labute approximate surface area is 233 Å². The molecule has 1 aliphatic rings. The summed E-state index contributed by atoms with van der Waals surface area (Å²) in [7, 11) is 0. The van der Waals surface area contributed by atoms with Gasteiger partial charge in [0, 0.05) is 45.5 Å². The Morgan fingerprint density at radius 2 is 1.45 bits per heavy atom.